The molecule has 1 saturated heterocycles. The van der Waals surface area contributed by atoms with E-state index in [9.17, 15) is 14.4 Å². The number of benzene rings is 1. The molecule has 1 fully saturated rings. The zero-order chi connectivity index (χ0) is 13.9. The summed E-state index contributed by atoms with van der Waals surface area (Å²) in [6.45, 7) is 0. The van der Waals surface area contributed by atoms with Crippen molar-refractivity contribution in [1.82, 2.24) is 5.32 Å². The molecule has 2 amide bonds. The lowest BCUT2D eigenvalue weighted by Crippen LogP contribution is -2.51. The molecule has 0 saturated carbocycles. The van der Waals surface area contributed by atoms with E-state index in [2.05, 4.69) is 5.32 Å². The summed E-state index contributed by atoms with van der Waals surface area (Å²) < 4.78 is 0. The molecular weight excluding hydrogens is 246 g/mol. The van der Waals surface area contributed by atoms with Crippen LogP contribution in [0.2, 0.25) is 0 Å². The fraction of sp³-hybridized carbons (Fsp3) is 0.357. The van der Waals surface area contributed by atoms with Gasteiger partial charge in [0.1, 0.15) is 0 Å². The summed E-state index contributed by atoms with van der Waals surface area (Å²) in [6, 6.07) is 9.05. The molecule has 0 bridgehead atoms. The van der Waals surface area contributed by atoms with Crippen LogP contribution in [0.25, 0.3) is 0 Å². The van der Waals surface area contributed by atoms with Gasteiger partial charge in [0.05, 0.1) is 5.41 Å². The Kier molecular flexibility index (Phi) is 3.64. The van der Waals surface area contributed by atoms with Gasteiger partial charge in [0.2, 0.25) is 11.8 Å². The summed E-state index contributed by atoms with van der Waals surface area (Å²) in [5.41, 5.74) is -0.144. The molecule has 2 N–H and O–H groups in total. The topological polar surface area (TPSA) is 83.5 Å². The van der Waals surface area contributed by atoms with Crippen molar-refractivity contribution in [2.45, 2.75) is 31.1 Å². The van der Waals surface area contributed by atoms with Crippen molar-refractivity contribution in [3.63, 3.8) is 0 Å². The number of carboxylic acids is 1. The summed E-state index contributed by atoms with van der Waals surface area (Å²) in [4.78, 5) is 34.3. The number of aliphatic carboxylic acids is 1. The fourth-order valence-corrected chi connectivity index (χ4v) is 2.49. The first-order valence-corrected chi connectivity index (χ1v) is 6.16. The third-order valence-corrected chi connectivity index (χ3v) is 3.56. The maximum absolute atomic E-state index is 12.2. The first-order valence-electron chi connectivity index (χ1n) is 6.16. The number of carbonyl (C=O) groups is 3. The van der Waals surface area contributed by atoms with E-state index in [1.807, 2.05) is 18.2 Å². The molecule has 0 spiro atoms. The maximum Gasteiger partial charge on any atom is 0.303 e. The predicted octanol–water partition coefficient (Wildman–Crippen LogP) is 1.23. The second kappa shape index (κ2) is 5.22. The van der Waals surface area contributed by atoms with Crippen molar-refractivity contribution < 1.29 is 19.5 Å². The number of piperidine rings is 1. The van der Waals surface area contributed by atoms with E-state index in [0.717, 1.165) is 5.56 Å². The smallest absolute Gasteiger partial charge is 0.303 e. The van der Waals surface area contributed by atoms with Gasteiger partial charge < -0.3 is 5.11 Å². The number of carbonyl (C=O) groups excluding carboxylic acids is 2. The van der Waals surface area contributed by atoms with E-state index < -0.39 is 17.3 Å². The first kappa shape index (κ1) is 13.3. The Bertz CT molecular complexity index is 511. The summed E-state index contributed by atoms with van der Waals surface area (Å²) in [5.74, 6) is -1.64. The predicted molar refractivity (Wildman–Crippen MR) is 67.4 cm³/mol. The zero-order valence-corrected chi connectivity index (χ0v) is 10.4. The normalized spacial score (nSPS) is 22.9. The molecule has 1 aliphatic heterocycles. The average molecular weight is 261 g/mol. The second-order valence-corrected chi connectivity index (χ2v) is 4.72. The second-order valence-electron chi connectivity index (χ2n) is 4.72. The number of nitrogens with one attached hydrogen (secondary N) is 1. The monoisotopic (exact) mass is 261 g/mol. The van der Waals surface area contributed by atoms with E-state index in [-0.39, 0.29) is 25.2 Å². The number of carboxylic acid groups (broad SMARTS) is 1. The van der Waals surface area contributed by atoms with Crippen molar-refractivity contribution in [3.05, 3.63) is 35.9 Å². The summed E-state index contributed by atoms with van der Waals surface area (Å²) in [6.07, 6.45) is 0.692. The van der Waals surface area contributed by atoms with Crippen molar-refractivity contribution in [2.24, 2.45) is 0 Å². The Hall–Kier alpha value is -2.17. The molecule has 0 unspecified atom stereocenters. The van der Waals surface area contributed by atoms with Crippen LogP contribution >= 0.6 is 0 Å². The molecule has 19 heavy (non-hydrogen) atoms. The van der Waals surface area contributed by atoms with E-state index >= 15 is 0 Å². The van der Waals surface area contributed by atoms with Gasteiger partial charge in [-0.2, -0.15) is 0 Å². The molecule has 1 atom stereocenters. The van der Waals surface area contributed by atoms with Crippen LogP contribution in [0.1, 0.15) is 31.2 Å². The number of hydrogen-bond acceptors (Lipinski definition) is 3. The van der Waals surface area contributed by atoms with Crippen molar-refractivity contribution in [1.29, 1.82) is 0 Å². The van der Waals surface area contributed by atoms with Crippen LogP contribution < -0.4 is 5.32 Å². The maximum atomic E-state index is 12.2. The lowest BCUT2D eigenvalue weighted by atomic mass is 9.71. The molecule has 1 aromatic carbocycles. The minimum absolute atomic E-state index is 0.101. The summed E-state index contributed by atoms with van der Waals surface area (Å²) >= 11 is 0. The fourth-order valence-electron chi connectivity index (χ4n) is 2.49. The minimum Gasteiger partial charge on any atom is -0.481 e. The number of rotatable bonds is 4. The summed E-state index contributed by atoms with van der Waals surface area (Å²) in [5, 5.41) is 11.2. The molecule has 0 aliphatic carbocycles. The Labute approximate surface area is 110 Å². The van der Waals surface area contributed by atoms with Crippen molar-refractivity contribution >= 4 is 17.8 Å². The Morgan fingerprint density at radius 2 is 1.95 bits per heavy atom. The molecule has 1 aromatic rings. The van der Waals surface area contributed by atoms with E-state index in [4.69, 9.17) is 5.11 Å². The molecule has 1 heterocycles. The third kappa shape index (κ3) is 2.65. The highest BCUT2D eigenvalue weighted by molar-refractivity contribution is 6.03. The minimum atomic E-state index is -0.944. The molecule has 5 heteroatoms. The summed E-state index contributed by atoms with van der Waals surface area (Å²) in [7, 11) is 0. The molecule has 0 aromatic heterocycles. The molecule has 0 radical (unpaired) electrons. The number of imide groups is 1. The Morgan fingerprint density at radius 1 is 1.26 bits per heavy atom. The van der Waals surface area contributed by atoms with Crippen LogP contribution in [-0.4, -0.2) is 22.9 Å². The van der Waals surface area contributed by atoms with Crippen LogP contribution in [0.15, 0.2) is 30.3 Å². The largest absolute Gasteiger partial charge is 0.481 e. The van der Waals surface area contributed by atoms with Gasteiger partial charge in [-0.15, -0.1) is 0 Å². The van der Waals surface area contributed by atoms with Crippen molar-refractivity contribution in [3.8, 4) is 0 Å². The quantitative estimate of drug-likeness (QED) is 0.798. The molecule has 100 valence electrons. The van der Waals surface area contributed by atoms with Gasteiger partial charge in [-0.3, -0.25) is 19.7 Å². The third-order valence-electron chi connectivity index (χ3n) is 3.56. The van der Waals surface area contributed by atoms with Crippen LogP contribution in [0.3, 0.4) is 0 Å². The number of amides is 2. The van der Waals surface area contributed by atoms with Gasteiger partial charge in [-0.05, 0) is 18.4 Å². The number of hydrogen-bond donors (Lipinski definition) is 2. The van der Waals surface area contributed by atoms with Crippen LogP contribution in [0.5, 0.6) is 0 Å². The molecule has 1 aliphatic rings. The Balaban J connectivity index is 2.35. The average Bonchev–Trinajstić information content (AvgIpc) is 2.39. The standard InChI is InChI=1S/C14H15NO4/c16-11-6-8-14(13(19)15-11,9-7-12(17)18)10-4-2-1-3-5-10/h1-5H,6-9H2,(H,17,18)(H,15,16,19)/t14-/m0/s1. The van der Waals surface area contributed by atoms with Crippen LogP contribution in [0, 0.1) is 0 Å². The zero-order valence-electron chi connectivity index (χ0n) is 10.4. The van der Waals surface area contributed by atoms with Gasteiger partial charge in [-0.25, -0.2) is 0 Å². The Morgan fingerprint density at radius 3 is 2.53 bits per heavy atom. The van der Waals surface area contributed by atoms with Gasteiger partial charge in [0, 0.05) is 12.8 Å². The highest BCUT2D eigenvalue weighted by Crippen LogP contribution is 2.36. The van der Waals surface area contributed by atoms with E-state index in [0.29, 0.717) is 6.42 Å². The SMILES string of the molecule is O=C(O)CC[C@]1(c2ccccc2)CCC(=O)NC1=O. The molecule has 2 rings (SSSR count). The van der Waals surface area contributed by atoms with E-state index in [1.54, 1.807) is 12.1 Å². The lowest BCUT2D eigenvalue weighted by Gasteiger charge is -2.35. The highest BCUT2D eigenvalue weighted by atomic mass is 16.4. The van der Waals surface area contributed by atoms with Crippen molar-refractivity contribution in [2.75, 3.05) is 0 Å². The van der Waals surface area contributed by atoms with Gasteiger partial charge >= 0.3 is 5.97 Å². The van der Waals surface area contributed by atoms with Gasteiger partial charge in [-0.1, -0.05) is 30.3 Å². The molecular formula is C14H15NO4. The highest BCUT2D eigenvalue weighted by Gasteiger charge is 2.44. The van der Waals surface area contributed by atoms with Gasteiger partial charge in [0.25, 0.3) is 0 Å². The molecule has 5 nitrogen and oxygen atoms in total. The van der Waals surface area contributed by atoms with Gasteiger partial charge in [0.15, 0.2) is 0 Å². The van der Waals surface area contributed by atoms with Crippen LogP contribution in [0.4, 0.5) is 0 Å². The van der Waals surface area contributed by atoms with Crippen LogP contribution in [-0.2, 0) is 19.8 Å². The lowest BCUT2D eigenvalue weighted by molar-refractivity contribution is -0.139. The first-order chi connectivity index (χ1) is 9.04. The van der Waals surface area contributed by atoms with E-state index in [1.165, 1.54) is 0 Å².